The molecule has 1 atom stereocenters. The van der Waals surface area contributed by atoms with Crippen LogP contribution in [0, 0.1) is 6.92 Å². The second kappa shape index (κ2) is 7.13. The summed E-state index contributed by atoms with van der Waals surface area (Å²) in [6.45, 7) is 2.20. The Morgan fingerprint density at radius 2 is 1.87 bits per heavy atom. The van der Waals surface area contributed by atoms with E-state index in [1.54, 1.807) is 24.3 Å². The first-order valence-electron chi connectivity index (χ1n) is 10.4. The van der Waals surface area contributed by atoms with Crippen molar-refractivity contribution in [3.8, 4) is 0 Å². The Morgan fingerprint density at radius 1 is 1.13 bits per heavy atom. The molecule has 0 spiro atoms. The van der Waals surface area contributed by atoms with E-state index in [0.717, 1.165) is 24.8 Å². The summed E-state index contributed by atoms with van der Waals surface area (Å²) in [5.41, 5.74) is 5.75. The van der Waals surface area contributed by atoms with Crippen LogP contribution in [0.15, 0.2) is 42.5 Å². The predicted octanol–water partition coefficient (Wildman–Crippen LogP) is 3.14. The van der Waals surface area contributed by atoms with E-state index in [9.17, 15) is 14.4 Å². The first-order valence-corrected chi connectivity index (χ1v) is 10.4. The van der Waals surface area contributed by atoms with E-state index in [0.29, 0.717) is 11.1 Å². The Labute approximate surface area is 174 Å². The fourth-order valence-corrected chi connectivity index (χ4v) is 4.62. The molecule has 2 aliphatic rings. The molecule has 5 rings (SSSR count). The lowest BCUT2D eigenvalue weighted by molar-refractivity contribution is -0.121. The van der Waals surface area contributed by atoms with Crippen molar-refractivity contribution in [3.05, 3.63) is 70.4 Å². The van der Waals surface area contributed by atoms with Crippen molar-refractivity contribution in [3.63, 3.8) is 0 Å². The topological polar surface area (TPSA) is 82.3 Å². The molecule has 152 valence electrons. The molecule has 2 aromatic carbocycles. The highest BCUT2D eigenvalue weighted by Crippen LogP contribution is 2.30. The van der Waals surface area contributed by atoms with Crippen molar-refractivity contribution in [1.29, 1.82) is 0 Å². The lowest BCUT2D eigenvalue weighted by atomic mass is 9.91. The number of carbonyl (C=O) groups is 3. The molecule has 3 amide bonds. The number of carbonyl (C=O) groups excluding carboxylic acids is 3. The van der Waals surface area contributed by atoms with E-state index in [-0.39, 0.29) is 36.7 Å². The van der Waals surface area contributed by atoms with Gasteiger partial charge in [-0.15, -0.1) is 0 Å². The van der Waals surface area contributed by atoms with Gasteiger partial charge in [0.05, 0.1) is 11.1 Å². The number of hydrogen-bond donors (Lipinski definition) is 2. The van der Waals surface area contributed by atoms with Gasteiger partial charge in [0.2, 0.25) is 5.91 Å². The molecular formula is C24H23N3O3. The van der Waals surface area contributed by atoms with Gasteiger partial charge in [0.1, 0.15) is 0 Å². The highest BCUT2D eigenvalue weighted by Gasteiger charge is 2.35. The standard InChI is InChI=1S/C24H23N3O3/c1-14-6-9-20-19(12-14)16-8-7-15(13-21(16)26-20)25-22(28)10-11-27-23(29)17-4-2-3-5-18(17)24(27)30/h2-6,9,12,15,26H,7-8,10-11,13H2,1H3,(H,25,28). The van der Waals surface area contributed by atoms with Gasteiger partial charge in [-0.1, -0.05) is 23.8 Å². The number of aromatic amines is 1. The molecule has 1 unspecified atom stereocenters. The second-order valence-corrected chi connectivity index (χ2v) is 8.20. The average molecular weight is 401 g/mol. The summed E-state index contributed by atoms with van der Waals surface area (Å²) in [6.07, 6.45) is 2.68. The minimum absolute atomic E-state index is 0.0568. The van der Waals surface area contributed by atoms with Crippen LogP contribution in [0.1, 0.15) is 50.4 Å². The fourth-order valence-electron chi connectivity index (χ4n) is 4.62. The first-order chi connectivity index (χ1) is 14.5. The highest BCUT2D eigenvalue weighted by molar-refractivity contribution is 6.21. The lowest BCUT2D eigenvalue weighted by Gasteiger charge is -2.24. The van der Waals surface area contributed by atoms with Gasteiger partial charge >= 0.3 is 0 Å². The molecule has 0 bridgehead atoms. The summed E-state index contributed by atoms with van der Waals surface area (Å²) < 4.78 is 0. The maximum Gasteiger partial charge on any atom is 0.261 e. The molecule has 2 N–H and O–H groups in total. The van der Waals surface area contributed by atoms with Gasteiger partial charge in [-0.25, -0.2) is 0 Å². The minimum Gasteiger partial charge on any atom is -0.358 e. The van der Waals surface area contributed by atoms with Crippen LogP contribution in [0.25, 0.3) is 10.9 Å². The number of H-pyrrole nitrogens is 1. The Kier molecular flexibility index (Phi) is 4.42. The number of hydrogen-bond acceptors (Lipinski definition) is 3. The number of fused-ring (bicyclic) bond motifs is 4. The van der Waals surface area contributed by atoms with Gasteiger partial charge in [-0.3, -0.25) is 19.3 Å². The molecule has 0 saturated heterocycles. The number of amides is 3. The van der Waals surface area contributed by atoms with E-state index < -0.39 is 0 Å². The van der Waals surface area contributed by atoms with Gasteiger partial charge in [0, 0.05) is 42.0 Å². The number of aromatic nitrogens is 1. The molecule has 1 aliphatic heterocycles. The monoisotopic (exact) mass is 401 g/mol. The zero-order valence-electron chi connectivity index (χ0n) is 16.8. The van der Waals surface area contributed by atoms with Crippen LogP contribution < -0.4 is 5.32 Å². The Bertz CT molecular complexity index is 1160. The van der Waals surface area contributed by atoms with Crippen molar-refractivity contribution in [2.75, 3.05) is 6.54 Å². The summed E-state index contributed by atoms with van der Waals surface area (Å²) in [7, 11) is 0. The first kappa shape index (κ1) is 18.6. The molecule has 0 radical (unpaired) electrons. The van der Waals surface area contributed by atoms with E-state index in [4.69, 9.17) is 0 Å². The van der Waals surface area contributed by atoms with Gasteiger partial charge in [0.25, 0.3) is 11.8 Å². The van der Waals surface area contributed by atoms with Crippen LogP contribution in [0.3, 0.4) is 0 Å². The van der Waals surface area contributed by atoms with E-state index in [1.807, 2.05) is 0 Å². The van der Waals surface area contributed by atoms with E-state index in [1.165, 1.54) is 27.1 Å². The smallest absolute Gasteiger partial charge is 0.261 e. The number of imide groups is 1. The molecule has 30 heavy (non-hydrogen) atoms. The quantitative estimate of drug-likeness (QED) is 0.659. The van der Waals surface area contributed by atoms with Crippen LogP contribution in [-0.2, 0) is 17.6 Å². The maximum absolute atomic E-state index is 12.5. The van der Waals surface area contributed by atoms with Gasteiger partial charge in [0.15, 0.2) is 0 Å². The van der Waals surface area contributed by atoms with E-state index >= 15 is 0 Å². The summed E-state index contributed by atoms with van der Waals surface area (Å²) in [5, 5.41) is 4.36. The molecule has 2 heterocycles. The molecule has 1 aromatic heterocycles. The summed E-state index contributed by atoms with van der Waals surface area (Å²) >= 11 is 0. The molecule has 1 aliphatic carbocycles. The third kappa shape index (κ3) is 3.09. The largest absolute Gasteiger partial charge is 0.358 e. The minimum atomic E-state index is -0.320. The SMILES string of the molecule is Cc1ccc2[nH]c3c(c2c1)CCC(NC(=O)CCN1C(=O)c2ccccc2C1=O)C3. The number of nitrogens with one attached hydrogen (secondary N) is 2. The van der Waals surface area contributed by atoms with Crippen molar-refractivity contribution < 1.29 is 14.4 Å². The predicted molar refractivity (Wildman–Crippen MR) is 113 cm³/mol. The average Bonchev–Trinajstić information content (AvgIpc) is 3.21. The van der Waals surface area contributed by atoms with Crippen LogP contribution >= 0.6 is 0 Å². The van der Waals surface area contributed by atoms with Crippen LogP contribution in [0.5, 0.6) is 0 Å². The molecule has 6 heteroatoms. The van der Waals surface area contributed by atoms with Crippen molar-refractivity contribution in [1.82, 2.24) is 15.2 Å². The Balaban J connectivity index is 1.21. The zero-order valence-corrected chi connectivity index (χ0v) is 16.8. The van der Waals surface area contributed by atoms with Crippen LogP contribution in [0.2, 0.25) is 0 Å². The number of rotatable bonds is 4. The molecule has 3 aromatic rings. The number of aryl methyl sites for hydroxylation is 2. The van der Waals surface area contributed by atoms with E-state index in [2.05, 4.69) is 35.4 Å². The molecule has 0 fully saturated rings. The molecule has 6 nitrogen and oxygen atoms in total. The number of nitrogens with zero attached hydrogens (tertiary/aromatic N) is 1. The lowest BCUT2D eigenvalue weighted by Crippen LogP contribution is -2.41. The summed E-state index contributed by atoms with van der Waals surface area (Å²) in [6, 6.07) is 13.3. The fraction of sp³-hybridized carbons (Fsp3) is 0.292. The number of benzene rings is 2. The Hall–Kier alpha value is -3.41. The van der Waals surface area contributed by atoms with Crippen molar-refractivity contribution in [2.24, 2.45) is 0 Å². The van der Waals surface area contributed by atoms with Crippen LogP contribution in [0.4, 0.5) is 0 Å². The maximum atomic E-state index is 12.5. The third-order valence-electron chi connectivity index (χ3n) is 6.15. The Morgan fingerprint density at radius 3 is 2.60 bits per heavy atom. The second-order valence-electron chi connectivity index (χ2n) is 8.20. The zero-order chi connectivity index (χ0) is 20.8. The van der Waals surface area contributed by atoms with Crippen molar-refractivity contribution >= 4 is 28.6 Å². The molecular weight excluding hydrogens is 378 g/mol. The van der Waals surface area contributed by atoms with Gasteiger partial charge < -0.3 is 10.3 Å². The summed E-state index contributed by atoms with van der Waals surface area (Å²) in [5.74, 6) is -0.773. The normalized spacial score (nSPS) is 17.9. The third-order valence-corrected chi connectivity index (χ3v) is 6.15. The highest BCUT2D eigenvalue weighted by atomic mass is 16.2. The summed E-state index contributed by atoms with van der Waals surface area (Å²) in [4.78, 5) is 42.0. The van der Waals surface area contributed by atoms with Gasteiger partial charge in [-0.05, 0) is 49.6 Å². The molecule has 0 saturated carbocycles. The van der Waals surface area contributed by atoms with Crippen molar-refractivity contribution in [2.45, 2.75) is 38.6 Å². The van der Waals surface area contributed by atoms with Gasteiger partial charge in [-0.2, -0.15) is 0 Å². The van der Waals surface area contributed by atoms with Crippen LogP contribution in [-0.4, -0.2) is 40.2 Å².